The van der Waals surface area contributed by atoms with Crippen LogP contribution in [0.1, 0.15) is 0 Å². The first-order valence-corrected chi connectivity index (χ1v) is 5.85. The zero-order valence-electron chi connectivity index (χ0n) is 5.29. The van der Waals surface area contributed by atoms with Crippen molar-refractivity contribution in [2.24, 2.45) is 0 Å². The Bertz CT molecular complexity index is 26.8. The first-order valence-electron chi connectivity index (χ1n) is 2.39. The summed E-state index contributed by atoms with van der Waals surface area (Å²) in [4.78, 5) is 0. The normalized spacial score (nSPS) is 9.00. The summed E-state index contributed by atoms with van der Waals surface area (Å²) in [5, 5.41) is 0. The Labute approximate surface area is 49.3 Å². The first kappa shape index (κ1) is 10.9. The highest BCUT2D eigenvalue weighted by Gasteiger charge is 1.86. The molecule has 0 saturated carbocycles. The average molecular weight is 144 g/mol. The second kappa shape index (κ2) is 7.01. The van der Waals surface area contributed by atoms with Gasteiger partial charge in [0.15, 0.2) is 0 Å². The third kappa shape index (κ3) is 3180000. The summed E-state index contributed by atoms with van der Waals surface area (Å²) in [6, 6.07) is 0. The van der Waals surface area contributed by atoms with Crippen molar-refractivity contribution in [3.8, 4) is 0 Å². The molecule has 0 atom stereocenters. The number of hydrogen-bond donors (Lipinski definition) is 0. The summed E-state index contributed by atoms with van der Waals surface area (Å²) in [6.07, 6.45) is 0. The van der Waals surface area contributed by atoms with E-state index in [4.69, 9.17) is 0 Å². The summed E-state index contributed by atoms with van der Waals surface area (Å²) >= 11 is 0. The predicted molar refractivity (Wildman–Crippen MR) is 31.9 cm³/mol. The molecule has 52 valence electrons. The third-order valence-electron chi connectivity index (χ3n) is 0. The predicted octanol–water partition coefficient (Wildman–Crippen LogP) is 2.28. The van der Waals surface area contributed by atoms with Crippen LogP contribution in [-0.4, -0.2) is 15.5 Å². The molecule has 0 spiro atoms. The van der Waals surface area contributed by atoms with E-state index < -0.39 is 6.68 Å². The van der Waals surface area contributed by atoms with Gasteiger partial charge in [-0.2, -0.15) is 13.2 Å². The Kier molecular flexibility index (Phi) is 9.54. The van der Waals surface area contributed by atoms with Gasteiger partial charge in [0, 0.05) is 8.80 Å². The van der Waals surface area contributed by atoms with Crippen molar-refractivity contribution >= 4 is 8.80 Å². The zero-order valence-corrected chi connectivity index (χ0v) is 6.44. The monoisotopic (exact) mass is 144 g/mol. The number of rotatable bonds is 0. The molecule has 0 fully saturated rings. The van der Waals surface area contributed by atoms with Crippen molar-refractivity contribution in [2.45, 2.75) is 26.3 Å². The summed E-state index contributed by atoms with van der Waals surface area (Å²) in [5.74, 6) is 0. The lowest BCUT2D eigenvalue weighted by Crippen LogP contribution is -1.84. The molecule has 0 aliphatic heterocycles. The second-order valence-corrected chi connectivity index (χ2v) is 5.44. The Balaban J connectivity index is 0. The van der Waals surface area contributed by atoms with Crippen molar-refractivity contribution in [1.82, 2.24) is 0 Å². The van der Waals surface area contributed by atoms with Crippen LogP contribution < -0.4 is 0 Å². The minimum Gasteiger partial charge on any atom is -0.174 e. The van der Waals surface area contributed by atoms with Crippen LogP contribution in [-0.2, 0) is 0 Å². The molecular weight excluding hydrogens is 133 g/mol. The molecule has 0 aromatic carbocycles. The molecule has 0 N–H and O–H groups in total. The van der Waals surface area contributed by atoms with E-state index in [0.29, 0.717) is 0 Å². The van der Waals surface area contributed by atoms with Gasteiger partial charge in [-0.15, -0.1) is 0 Å². The van der Waals surface area contributed by atoms with Gasteiger partial charge >= 0.3 is 6.68 Å². The molecule has 0 bridgehead atoms. The molecule has 0 heterocycles. The quantitative estimate of drug-likeness (QED) is 0.457. The van der Waals surface area contributed by atoms with E-state index in [1.165, 1.54) is 0 Å². The van der Waals surface area contributed by atoms with Gasteiger partial charge in [-0.3, -0.25) is 0 Å². The Morgan fingerprint density at radius 2 is 1.00 bits per heavy atom. The Morgan fingerprint density at radius 1 is 1.00 bits per heavy atom. The van der Waals surface area contributed by atoms with Gasteiger partial charge in [-0.1, -0.05) is 19.6 Å². The number of alkyl halides is 3. The highest BCUT2D eigenvalue weighted by atomic mass is 28.3. The first-order chi connectivity index (χ1) is 3.46. The topological polar surface area (TPSA) is 0 Å². The molecular formula is C4H11F3Si. The molecule has 0 aliphatic rings. The standard InChI is InChI=1S/C3H10Si.CHF3/c1-4(2)3;2-1(3)4/h4H,1-3H3;1H. The Hall–Kier alpha value is 0.00688. The van der Waals surface area contributed by atoms with E-state index in [-0.39, 0.29) is 8.80 Å². The molecule has 0 nitrogen and oxygen atoms in total. The second-order valence-electron chi connectivity index (χ2n) is 1.98. The van der Waals surface area contributed by atoms with Gasteiger partial charge in [0.25, 0.3) is 0 Å². The third-order valence-corrected chi connectivity index (χ3v) is 0. The number of hydrogen-bond acceptors (Lipinski definition) is 0. The van der Waals surface area contributed by atoms with Crippen molar-refractivity contribution < 1.29 is 13.2 Å². The van der Waals surface area contributed by atoms with E-state index in [1.54, 1.807) is 0 Å². The van der Waals surface area contributed by atoms with Crippen LogP contribution >= 0.6 is 0 Å². The minimum atomic E-state index is -3.67. The molecule has 0 rings (SSSR count). The van der Waals surface area contributed by atoms with E-state index >= 15 is 0 Å². The average Bonchev–Trinajstić information content (AvgIpc) is 1.25. The van der Waals surface area contributed by atoms with Crippen molar-refractivity contribution in [1.29, 1.82) is 0 Å². The minimum absolute atomic E-state index is 0.139. The summed E-state index contributed by atoms with van der Waals surface area (Å²) in [6.45, 7) is 3.25. The molecule has 0 saturated heterocycles. The van der Waals surface area contributed by atoms with E-state index in [1.807, 2.05) is 0 Å². The fourth-order valence-electron chi connectivity index (χ4n) is 0. The molecule has 0 aliphatic carbocycles. The van der Waals surface area contributed by atoms with Crippen LogP contribution in [0.5, 0.6) is 0 Å². The lowest BCUT2D eigenvalue weighted by atomic mass is 11.6. The molecule has 0 aromatic heterocycles. The lowest BCUT2D eigenvalue weighted by Gasteiger charge is -1.75. The van der Waals surface area contributed by atoms with Crippen molar-refractivity contribution in [2.75, 3.05) is 0 Å². The maximum atomic E-state index is 9.67. The van der Waals surface area contributed by atoms with Crippen LogP contribution in [0.25, 0.3) is 0 Å². The number of halogens is 3. The van der Waals surface area contributed by atoms with E-state index in [9.17, 15) is 13.2 Å². The van der Waals surface area contributed by atoms with E-state index in [2.05, 4.69) is 19.6 Å². The highest BCUT2D eigenvalue weighted by molar-refractivity contribution is 6.54. The Morgan fingerprint density at radius 3 is 1.00 bits per heavy atom. The summed E-state index contributed by atoms with van der Waals surface area (Å²) in [7, 11) is -0.139. The molecule has 0 aromatic rings. The summed E-state index contributed by atoms with van der Waals surface area (Å²) in [5.41, 5.74) is 0. The maximum absolute atomic E-state index is 9.67. The smallest absolute Gasteiger partial charge is 0.174 e. The SMILES string of the molecule is C[SiH](C)C.FC(F)F. The van der Waals surface area contributed by atoms with Gasteiger partial charge in [-0.25, -0.2) is 0 Å². The van der Waals surface area contributed by atoms with Crippen LogP contribution in [0.4, 0.5) is 13.2 Å². The zero-order chi connectivity index (χ0) is 7.15. The van der Waals surface area contributed by atoms with Gasteiger partial charge < -0.3 is 0 Å². The van der Waals surface area contributed by atoms with Crippen molar-refractivity contribution in [3.05, 3.63) is 0 Å². The van der Waals surface area contributed by atoms with Crippen LogP contribution in [0.3, 0.4) is 0 Å². The molecule has 0 radical (unpaired) electrons. The largest absolute Gasteiger partial charge is 0.379 e. The lowest BCUT2D eigenvalue weighted by molar-refractivity contribution is 0.00819. The summed E-state index contributed by atoms with van der Waals surface area (Å²) < 4.78 is 29.0. The molecule has 0 unspecified atom stereocenters. The molecule has 0 amide bonds. The fourth-order valence-corrected chi connectivity index (χ4v) is 0. The van der Waals surface area contributed by atoms with Crippen LogP contribution in [0, 0.1) is 0 Å². The van der Waals surface area contributed by atoms with Gasteiger partial charge in [0.2, 0.25) is 0 Å². The van der Waals surface area contributed by atoms with E-state index in [0.717, 1.165) is 0 Å². The van der Waals surface area contributed by atoms with Crippen LogP contribution in [0.15, 0.2) is 0 Å². The molecule has 4 heteroatoms. The van der Waals surface area contributed by atoms with Gasteiger partial charge in [0.05, 0.1) is 0 Å². The van der Waals surface area contributed by atoms with Gasteiger partial charge in [-0.05, 0) is 0 Å². The van der Waals surface area contributed by atoms with Crippen molar-refractivity contribution in [3.63, 3.8) is 0 Å². The highest BCUT2D eigenvalue weighted by Crippen LogP contribution is 1.87. The maximum Gasteiger partial charge on any atom is 0.379 e. The molecule has 8 heavy (non-hydrogen) atoms. The van der Waals surface area contributed by atoms with Crippen LogP contribution in [0.2, 0.25) is 19.6 Å². The fraction of sp³-hybridized carbons (Fsp3) is 1.00. The van der Waals surface area contributed by atoms with Gasteiger partial charge in [0.1, 0.15) is 0 Å².